The third-order valence-corrected chi connectivity index (χ3v) is 3.79. The molecule has 2 aromatic rings. The van der Waals surface area contributed by atoms with Gasteiger partial charge in [-0.1, -0.05) is 12.1 Å². The maximum atomic E-state index is 12.5. The summed E-state index contributed by atoms with van der Waals surface area (Å²) in [6, 6.07) is 6.05. The summed E-state index contributed by atoms with van der Waals surface area (Å²) in [6.45, 7) is 5.88. The van der Waals surface area contributed by atoms with E-state index in [0.717, 1.165) is 11.9 Å². The molecular formula is C16H18N2O2. The molecule has 0 saturated heterocycles. The number of aromatic nitrogens is 1. The molecule has 4 nitrogen and oxygen atoms in total. The van der Waals surface area contributed by atoms with Crippen LogP contribution < -0.4 is 10.7 Å². The molecule has 0 fully saturated rings. The SMILES string of the molecule is CC(C)NC(=O)c1cn2c3c(cccc3c1=O)CC2C. The third kappa shape index (κ3) is 1.83. The van der Waals surface area contributed by atoms with Crippen molar-refractivity contribution < 1.29 is 4.79 Å². The Bertz CT molecular complexity index is 759. The van der Waals surface area contributed by atoms with Crippen LogP contribution in [0.1, 0.15) is 42.7 Å². The smallest absolute Gasteiger partial charge is 0.256 e. The Morgan fingerprint density at radius 1 is 1.40 bits per heavy atom. The topological polar surface area (TPSA) is 51.1 Å². The normalized spacial score (nSPS) is 16.9. The monoisotopic (exact) mass is 270 g/mol. The number of pyridine rings is 1. The highest BCUT2D eigenvalue weighted by molar-refractivity contribution is 5.98. The average Bonchev–Trinajstić information content (AvgIpc) is 2.70. The maximum absolute atomic E-state index is 12.5. The number of rotatable bonds is 2. The van der Waals surface area contributed by atoms with Gasteiger partial charge in [-0.15, -0.1) is 0 Å². The largest absolute Gasteiger partial charge is 0.350 e. The number of amides is 1. The highest BCUT2D eigenvalue weighted by atomic mass is 16.2. The first kappa shape index (κ1) is 12.9. The molecule has 0 radical (unpaired) electrons. The minimum absolute atomic E-state index is 0.0138. The van der Waals surface area contributed by atoms with Crippen molar-refractivity contribution in [2.24, 2.45) is 0 Å². The molecule has 0 saturated carbocycles. The molecule has 0 bridgehead atoms. The Labute approximate surface area is 117 Å². The Morgan fingerprint density at radius 3 is 2.85 bits per heavy atom. The number of nitrogens with zero attached hydrogens (tertiary/aromatic N) is 1. The van der Waals surface area contributed by atoms with E-state index in [1.165, 1.54) is 5.56 Å². The van der Waals surface area contributed by atoms with Crippen LogP contribution in [0.25, 0.3) is 10.9 Å². The number of para-hydroxylation sites is 1. The summed E-state index contributed by atoms with van der Waals surface area (Å²) in [5, 5.41) is 3.44. The Balaban J connectivity index is 2.26. The van der Waals surface area contributed by atoms with Crippen LogP contribution in [0.15, 0.2) is 29.2 Å². The minimum Gasteiger partial charge on any atom is -0.350 e. The molecule has 1 aliphatic heterocycles. The standard InChI is InChI=1S/C16H18N2O2/c1-9(2)17-16(20)13-8-18-10(3)7-11-5-4-6-12(14(11)18)15(13)19/h4-6,8-10H,7H2,1-3H3,(H,17,20). The summed E-state index contributed by atoms with van der Waals surface area (Å²) >= 11 is 0. The number of carbonyl (C=O) groups excluding carboxylic acids is 1. The second-order valence-corrected chi connectivity index (χ2v) is 5.77. The van der Waals surface area contributed by atoms with E-state index >= 15 is 0 Å². The summed E-state index contributed by atoms with van der Waals surface area (Å²) in [5.74, 6) is -0.292. The van der Waals surface area contributed by atoms with Gasteiger partial charge in [-0.25, -0.2) is 0 Å². The fourth-order valence-electron chi connectivity index (χ4n) is 2.92. The van der Waals surface area contributed by atoms with Crippen molar-refractivity contribution in [3.8, 4) is 0 Å². The van der Waals surface area contributed by atoms with Crippen molar-refractivity contribution in [2.75, 3.05) is 0 Å². The van der Waals surface area contributed by atoms with Crippen molar-refractivity contribution in [2.45, 2.75) is 39.3 Å². The lowest BCUT2D eigenvalue weighted by Crippen LogP contribution is -2.34. The number of carbonyl (C=O) groups is 1. The molecule has 4 heteroatoms. The molecule has 3 rings (SSSR count). The van der Waals surface area contributed by atoms with Gasteiger partial charge in [-0.3, -0.25) is 9.59 Å². The van der Waals surface area contributed by atoms with Crippen molar-refractivity contribution in [3.63, 3.8) is 0 Å². The van der Waals surface area contributed by atoms with Gasteiger partial charge in [0.15, 0.2) is 0 Å². The van der Waals surface area contributed by atoms with Gasteiger partial charge >= 0.3 is 0 Å². The van der Waals surface area contributed by atoms with Gasteiger partial charge < -0.3 is 9.88 Å². The van der Waals surface area contributed by atoms with Crippen LogP contribution in [0.2, 0.25) is 0 Å². The van der Waals surface area contributed by atoms with E-state index < -0.39 is 0 Å². The average molecular weight is 270 g/mol. The van der Waals surface area contributed by atoms with Crippen molar-refractivity contribution in [1.82, 2.24) is 9.88 Å². The van der Waals surface area contributed by atoms with Gasteiger partial charge in [-0.2, -0.15) is 0 Å². The van der Waals surface area contributed by atoms with Crippen LogP contribution in [0.5, 0.6) is 0 Å². The Morgan fingerprint density at radius 2 is 2.15 bits per heavy atom. The van der Waals surface area contributed by atoms with Crippen LogP contribution >= 0.6 is 0 Å². The number of hydrogen-bond acceptors (Lipinski definition) is 2. The van der Waals surface area contributed by atoms with Gasteiger partial charge in [0.1, 0.15) is 5.56 Å². The summed E-state index contributed by atoms with van der Waals surface area (Å²) in [6.07, 6.45) is 2.62. The predicted molar refractivity (Wildman–Crippen MR) is 79.2 cm³/mol. The first-order valence-electron chi connectivity index (χ1n) is 6.96. The molecule has 0 aliphatic carbocycles. The lowest BCUT2D eigenvalue weighted by Gasteiger charge is -2.13. The Kier molecular flexibility index (Phi) is 2.89. The van der Waals surface area contributed by atoms with Crippen molar-refractivity contribution in [1.29, 1.82) is 0 Å². The van der Waals surface area contributed by atoms with E-state index in [9.17, 15) is 9.59 Å². The third-order valence-electron chi connectivity index (χ3n) is 3.79. The molecule has 20 heavy (non-hydrogen) atoms. The van der Waals surface area contributed by atoms with Gasteiger partial charge in [0.05, 0.1) is 5.52 Å². The van der Waals surface area contributed by atoms with Crippen molar-refractivity contribution in [3.05, 3.63) is 45.7 Å². The molecule has 1 unspecified atom stereocenters. The van der Waals surface area contributed by atoms with Crippen LogP contribution in [-0.4, -0.2) is 16.5 Å². The number of hydrogen-bond donors (Lipinski definition) is 1. The molecule has 2 heterocycles. The first-order valence-corrected chi connectivity index (χ1v) is 6.96. The number of nitrogens with one attached hydrogen (secondary N) is 1. The van der Waals surface area contributed by atoms with E-state index in [1.54, 1.807) is 6.20 Å². The fourth-order valence-corrected chi connectivity index (χ4v) is 2.92. The fraction of sp³-hybridized carbons (Fsp3) is 0.375. The lowest BCUT2D eigenvalue weighted by atomic mass is 10.1. The van der Waals surface area contributed by atoms with Crippen LogP contribution in [0.3, 0.4) is 0 Å². The zero-order chi connectivity index (χ0) is 14.4. The van der Waals surface area contributed by atoms with Crippen LogP contribution in [0.4, 0.5) is 0 Å². The molecule has 0 spiro atoms. The first-order chi connectivity index (χ1) is 9.49. The van der Waals surface area contributed by atoms with E-state index in [0.29, 0.717) is 5.39 Å². The molecule has 1 aromatic heterocycles. The molecular weight excluding hydrogens is 252 g/mol. The Hall–Kier alpha value is -2.10. The quantitative estimate of drug-likeness (QED) is 0.910. The highest BCUT2D eigenvalue weighted by Crippen LogP contribution is 2.30. The summed E-state index contributed by atoms with van der Waals surface area (Å²) in [7, 11) is 0. The van der Waals surface area contributed by atoms with E-state index in [1.807, 2.05) is 26.0 Å². The molecule has 1 atom stereocenters. The van der Waals surface area contributed by atoms with E-state index in [-0.39, 0.29) is 29.0 Å². The summed E-state index contributed by atoms with van der Waals surface area (Å²) in [4.78, 5) is 24.7. The molecule has 1 N–H and O–H groups in total. The minimum atomic E-state index is -0.292. The van der Waals surface area contributed by atoms with E-state index in [2.05, 4.69) is 22.9 Å². The maximum Gasteiger partial charge on any atom is 0.256 e. The molecule has 1 aromatic carbocycles. The van der Waals surface area contributed by atoms with Crippen molar-refractivity contribution >= 4 is 16.8 Å². The van der Waals surface area contributed by atoms with Gasteiger partial charge in [-0.05, 0) is 38.8 Å². The predicted octanol–water partition coefficient (Wildman–Crippen LogP) is 2.26. The van der Waals surface area contributed by atoms with Crippen LogP contribution in [-0.2, 0) is 6.42 Å². The molecule has 104 valence electrons. The summed E-state index contributed by atoms with van der Waals surface area (Å²) in [5.41, 5.74) is 2.22. The lowest BCUT2D eigenvalue weighted by molar-refractivity contribution is 0.0941. The van der Waals surface area contributed by atoms with Gasteiger partial charge in [0.2, 0.25) is 5.43 Å². The zero-order valence-electron chi connectivity index (χ0n) is 11.9. The summed E-state index contributed by atoms with van der Waals surface area (Å²) < 4.78 is 2.06. The second-order valence-electron chi connectivity index (χ2n) is 5.77. The number of benzene rings is 1. The highest BCUT2D eigenvalue weighted by Gasteiger charge is 2.24. The van der Waals surface area contributed by atoms with Gasteiger partial charge in [0.25, 0.3) is 5.91 Å². The van der Waals surface area contributed by atoms with Crippen LogP contribution in [0, 0.1) is 0 Å². The molecule has 1 amide bonds. The second kappa shape index (κ2) is 4.47. The zero-order valence-corrected chi connectivity index (χ0v) is 11.9. The van der Waals surface area contributed by atoms with E-state index in [4.69, 9.17) is 0 Å². The van der Waals surface area contributed by atoms with Gasteiger partial charge in [0, 0.05) is 23.7 Å². The molecule has 1 aliphatic rings.